The Morgan fingerprint density at radius 1 is 1.34 bits per heavy atom. The monoisotopic (exact) mass is 459 g/mol. The van der Waals surface area contributed by atoms with Gasteiger partial charge in [-0.25, -0.2) is 4.98 Å². The van der Waals surface area contributed by atoms with E-state index in [1.807, 2.05) is 31.2 Å². The Morgan fingerprint density at radius 2 is 2.14 bits per heavy atom. The Kier molecular flexibility index (Phi) is 6.90. The van der Waals surface area contributed by atoms with Gasteiger partial charge in [-0.15, -0.1) is 0 Å². The molecule has 1 aromatic carbocycles. The van der Waals surface area contributed by atoms with Crippen molar-refractivity contribution in [2.75, 3.05) is 18.5 Å². The quantitative estimate of drug-likeness (QED) is 0.611. The van der Waals surface area contributed by atoms with Crippen LogP contribution in [-0.2, 0) is 9.53 Å². The smallest absolute Gasteiger partial charge is 0.306 e. The van der Waals surface area contributed by atoms with Crippen LogP contribution in [0.4, 0.5) is 11.5 Å². The number of ether oxygens (including phenoxy) is 1. The van der Waals surface area contributed by atoms with Crippen LogP contribution in [-0.4, -0.2) is 30.0 Å². The molecule has 0 aliphatic carbocycles. The highest BCUT2D eigenvalue weighted by molar-refractivity contribution is 9.10. The third kappa shape index (κ3) is 5.56. The average molecular weight is 460 g/mol. The summed E-state index contributed by atoms with van der Waals surface area (Å²) in [7, 11) is 0. The SMILES string of the molecule is Cc1ccc(Nc2cc(C(C)C)c(C(=O)NCC3CCOC(=O)C3)cn2)cc1Br. The predicted octanol–water partition coefficient (Wildman–Crippen LogP) is 4.70. The number of aromatic nitrogens is 1. The van der Waals surface area contributed by atoms with Gasteiger partial charge in [0.2, 0.25) is 0 Å². The van der Waals surface area contributed by atoms with Gasteiger partial charge in [-0.1, -0.05) is 35.8 Å². The fourth-order valence-electron chi connectivity index (χ4n) is 3.27. The summed E-state index contributed by atoms with van der Waals surface area (Å²) in [5.74, 6) is 0.615. The topological polar surface area (TPSA) is 80.3 Å². The number of amides is 1. The molecule has 1 atom stereocenters. The number of esters is 1. The van der Waals surface area contributed by atoms with E-state index in [9.17, 15) is 9.59 Å². The molecule has 0 saturated carbocycles. The van der Waals surface area contributed by atoms with E-state index in [4.69, 9.17) is 4.74 Å². The number of rotatable bonds is 6. The number of cyclic esters (lactones) is 1. The fourth-order valence-corrected chi connectivity index (χ4v) is 3.65. The number of carbonyl (C=O) groups is 2. The molecule has 1 fully saturated rings. The van der Waals surface area contributed by atoms with Gasteiger partial charge in [-0.2, -0.15) is 0 Å². The normalized spacial score (nSPS) is 16.4. The van der Waals surface area contributed by atoms with Gasteiger partial charge in [0.15, 0.2) is 0 Å². The van der Waals surface area contributed by atoms with Crippen LogP contribution < -0.4 is 10.6 Å². The summed E-state index contributed by atoms with van der Waals surface area (Å²) >= 11 is 3.54. The molecule has 1 aliphatic rings. The van der Waals surface area contributed by atoms with Crippen LogP contribution in [0.2, 0.25) is 0 Å². The van der Waals surface area contributed by atoms with E-state index in [0.717, 1.165) is 27.7 Å². The van der Waals surface area contributed by atoms with Gasteiger partial charge in [-0.3, -0.25) is 9.59 Å². The largest absolute Gasteiger partial charge is 0.466 e. The van der Waals surface area contributed by atoms with Gasteiger partial charge in [0.05, 0.1) is 18.6 Å². The molecular formula is C22H26BrN3O3. The molecule has 1 amide bonds. The molecular weight excluding hydrogens is 434 g/mol. The van der Waals surface area contributed by atoms with Gasteiger partial charge in [0, 0.05) is 22.9 Å². The number of nitrogens with one attached hydrogen (secondary N) is 2. The highest BCUT2D eigenvalue weighted by atomic mass is 79.9. The van der Waals surface area contributed by atoms with Crippen LogP contribution in [0.1, 0.15) is 54.1 Å². The number of anilines is 2. The van der Waals surface area contributed by atoms with Crippen molar-refractivity contribution in [2.24, 2.45) is 5.92 Å². The third-order valence-electron chi connectivity index (χ3n) is 5.04. The summed E-state index contributed by atoms with van der Waals surface area (Å²) in [6.45, 7) is 7.02. The molecule has 6 nitrogen and oxygen atoms in total. The highest BCUT2D eigenvalue weighted by Gasteiger charge is 2.22. The van der Waals surface area contributed by atoms with Crippen LogP contribution in [0.25, 0.3) is 0 Å². The lowest BCUT2D eigenvalue weighted by Crippen LogP contribution is -2.34. The van der Waals surface area contributed by atoms with E-state index in [1.165, 1.54) is 0 Å². The van der Waals surface area contributed by atoms with Crippen LogP contribution >= 0.6 is 15.9 Å². The maximum atomic E-state index is 12.8. The first kappa shape index (κ1) is 21.3. The van der Waals surface area contributed by atoms with Crippen LogP contribution in [0.5, 0.6) is 0 Å². The molecule has 2 aromatic rings. The molecule has 1 aromatic heterocycles. The van der Waals surface area contributed by atoms with Gasteiger partial charge < -0.3 is 15.4 Å². The minimum Gasteiger partial charge on any atom is -0.466 e. The summed E-state index contributed by atoms with van der Waals surface area (Å²) in [4.78, 5) is 28.6. The zero-order valence-electron chi connectivity index (χ0n) is 16.9. The summed E-state index contributed by atoms with van der Waals surface area (Å²) in [5.41, 5.74) is 3.57. The van der Waals surface area contributed by atoms with Crippen molar-refractivity contribution >= 4 is 39.3 Å². The number of benzene rings is 1. The molecule has 1 unspecified atom stereocenters. The number of nitrogens with zero attached hydrogens (tertiary/aromatic N) is 1. The summed E-state index contributed by atoms with van der Waals surface area (Å²) < 4.78 is 5.98. The van der Waals surface area contributed by atoms with Crippen LogP contribution in [0.3, 0.4) is 0 Å². The fraction of sp³-hybridized carbons (Fsp3) is 0.409. The maximum Gasteiger partial charge on any atom is 0.306 e. The Labute approximate surface area is 179 Å². The molecule has 2 N–H and O–H groups in total. The number of carbonyl (C=O) groups excluding carboxylic acids is 2. The summed E-state index contributed by atoms with van der Waals surface area (Å²) in [5, 5.41) is 6.25. The third-order valence-corrected chi connectivity index (χ3v) is 5.90. The van der Waals surface area contributed by atoms with Gasteiger partial charge >= 0.3 is 5.97 Å². The molecule has 1 aliphatic heterocycles. The van der Waals surface area contributed by atoms with Crippen LogP contribution in [0, 0.1) is 12.8 Å². The summed E-state index contributed by atoms with van der Waals surface area (Å²) in [6.07, 6.45) is 2.74. The number of pyridine rings is 1. The Hall–Kier alpha value is -2.41. The molecule has 0 radical (unpaired) electrons. The number of aryl methyl sites for hydroxylation is 1. The molecule has 0 bridgehead atoms. The zero-order chi connectivity index (χ0) is 21.0. The van der Waals surface area contributed by atoms with E-state index < -0.39 is 0 Å². The Balaban J connectivity index is 1.72. The average Bonchev–Trinajstić information content (AvgIpc) is 2.69. The maximum absolute atomic E-state index is 12.8. The second-order valence-electron chi connectivity index (χ2n) is 7.69. The van der Waals surface area contributed by atoms with Gasteiger partial charge in [-0.05, 0) is 54.5 Å². The van der Waals surface area contributed by atoms with Gasteiger partial charge in [0.1, 0.15) is 5.82 Å². The minimum absolute atomic E-state index is 0.122. The standard InChI is InChI=1S/C22H26BrN3O3/c1-13(2)17-10-20(26-16-5-4-14(3)19(23)9-16)24-12-18(17)22(28)25-11-15-6-7-29-21(27)8-15/h4-5,9-10,12-13,15H,6-8,11H2,1-3H3,(H,24,26)(H,25,28). The van der Waals surface area contributed by atoms with Crippen molar-refractivity contribution in [1.82, 2.24) is 10.3 Å². The van der Waals surface area contributed by atoms with Crippen molar-refractivity contribution in [3.8, 4) is 0 Å². The van der Waals surface area contributed by atoms with Crippen molar-refractivity contribution in [2.45, 2.75) is 39.5 Å². The van der Waals surface area contributed by atoms with E-state index >= 15 is 0 Å². The zero-order valence-corrected chi connectivity index (χ0v) is 18.5. The molecule has 3 rings (SSSR count). The van der Waals surface area contributed by atoms with Crippen molar-refractivity contribution in [3.05, 3.63) is 51.6 Å². The Bertz CT molecular complexity index is 914. The first-order valence-corrected chi connectivity index (χ1v) is 10.6. The number of hydrogen-bond acceptors (Lipinski definition) is 5. The lowest BCUT2D eigenvalue weighted by atomic mass is 9.97. The second kappa shape index (κ2) is 9.39. The molecule has 2 heterocycles. The first-order valence-electron chi connectivity index (χ1n) is 9.80. The number of halogens is 1. The lowest BCUT2D eigenvalue weighted by Gasteiger charge is -2.22. The molecule has 0 spiro atoms. The van der Waals surface area contributed by atoms with E-state index in [2.05, 4.69) is 45.4 Å². The lowest BCUT2D eigenvalue weighted by molar-refractivity contribution is -0.149. The first-order chi connectivity index (χ1) is 13.8. The van der Waals surface area contributed by atoms with Crippen molar-refractivity contribution in [1.29, 1.82) is 0 Å². The van der Waals surface area contributed by atoms with Crippen LogP contribution in [0.15, 0.2) is 34.9 Å². The molecule has 7 heteroatoms. The second-order valence-corrected chi connectivity index (χ2v) is 8.54. The highest BCUT2D eigenvalue weighted by Crippen LogP contribution is 2.26. The molecule has 154 valence electrons. The summed E-state index contributed by atoms with van der Waals surface area (Å²) in [6, 6.07) is 7.94. The van der Waals surface area contributed by atoms with Crippen molar-refractivity contribution < 1.29 is 14.3 Å². The minimum atomic E-state index is -0.196. The molecule has 29 heavy (non-hydrogen) atoms. The number of hydrogen-bond donors (Lipinski definition) is 2. The predicted molar refractivity (Wildman–Crippen MR) is 117 cm³/mol. The Morgan fingerprint density at radius 3 is 2.83 bits per heavy atom. The van der Waals surface area contributed by atoms with Crippen molar-refractivity contribution in [3.63, 3.8) is 0 Å². The van der Waals surface area contributed by atoms with Gasteiger partial charge in [0.25, 0.3) is 5.91 Å². The van der Waals surface area contributed by atoms with E-state index in [0.29, 0.717) is 31.0 Å². The molecule has 1 saturated heterocycles. The van der Waals surface area contributed by atoms with E-state index in [1.54, 1.807) is 6.20 Å². The van der Waals surface area contributed by atoms with E-state index in [-0.39, 0.29) is 23.7 Å².